The van der Waals surface area contributed by atoms with Gasteiger partial charge in [-0.3, -0.25) is 4.90 Å². The summed E-state index contributed by atoms with van der Waals surface area (Å²) in [6.45, 7) is 4.06. The van der Waals surface area contributed by atoms with Crippen molar-refractivity contribution in [2.24, 2.45) is 0 Å². The molecule has 0 unspecified atom stereocenters. The molecule has 1 fully saturated rings. The summed E-state index contributed by atoms with van der Waals surface area (Å²) in [5.74, 6) is 0. The minimum absolute atomic E-state index is 0.225. The van der Waals surface area contributed by atoms with Crippen LogP contribution >= 0.6 is 0 Å². The first kappa shape index (κ1) is 8.93. The Morgan fingerprint density at radius 3 is 2.82 bits per heavy atom. The second-order valence-corrected chi connectivity index (χ2v) is 2.90. The predicted molar refractivity (Wildman–Crippen MR) is 44.4 cm³/mol. The van der Waals surface area contributed by atoms with Gasteiger partial charge in [-0.1, -0.05) is 0 Å². The van der Waals surface area contributed by atoms with Gasteiger partial charge in [0.1, 0.15) is 0 Å². The third kappa shape index (κ3) is 2.75. The fourth-order valence-electron chi connectivity index (χ4n) is 1.20. The molecule has 0 aromatic carbocycles. The molecule has 0 atom stereocenters. The monoisotopic (exact) mass is 159 g/mol. The smallest absolute Gasteiger partial charge is 0.0556 e. The van der Waals surface area contributed by atoms with Crippen LogP contribution < -0.4 is 10.6 Å². The Hall–Kier alpha value is -0.160. The number of nitrogens with one attached hydrogen (secondary N) is 2. The molecule has 1 rings (SSSR count). The van der Waals surface area contributed by atoms with Crippen LogP contribution in [0.5, 0.6) is 0 Å². The van der Waals surface area contributed by atoms with E-state index in [1.54, 1.807) is 0 Å². The molecule has 0 bridgehead atoms. The van der Waals surface area contributed by atoms with Crippen LogP contribution in [-0.2, 0) is 0 Å². The van der Waals surface area contributed by atoms with Gasteiger partial charge in [0.2, 0.25) is 0 Å². The molecule has 0 spiro atoms. The van der Waals surface area contributed by atoms with Crippen molar-refractivity contribution in [3.8, 4) is 0 Å². The molecule has 4 heteroatoms. The van der Waals surface area contributed by atoms with Gasteiger partial charge in [0.25, 0.3) is 0 Å². The van der Waals surface area contributed by atoms with E-state index in [-0.39, 0.29) is 6.61 Å². The SMILES string of the molecule is CNC1CN(CNCCO)C1. The van der Waals surface area contributed by atoms with E-state index in [0.29, 0.717) is 12.6 Å². The maximum Gasteiger partial charge on any atom is 0.0556 e. The molecule has 3 N–H and O–H groups in total. The standard InChI is InChI=1S/C7H17N3O/c1-8-7-4-10(5-7)6-9-2-3-11/h7-9,11H,2-6H2,1H3. The van der Waals surface area contributed by atoms with E-state index >= 15 is 0 Å². The van der Waals surface area contributed by atoms with E-state index in [9.17, 15) is 0 Å². The Kier molecular flexibility index (Phi) is 3.79. The number of nitrogens with zero attached hydrogens (tertiary/aromatic N) is 1. The zero-order valence-electron chi connectivity index (χ0n) is 7.01. The van der Waals surface area contributed by atoms with Gasteiger partial charge in [-0.15, -0.1) is 0 Å². The van der Waals surface area contributed by atoms with E-state index in [1.807, 2.05) is 7.05 Å². The fraction of sp³-hybridized carbons (Fsp3) is 1.00. The number of hydrogen-bond donors (Lipinski definition) is 3. The third-order valence-corrected chi connectivity index (χ3v) is 1.99. The highest BCUT2D eigenvalue weighted by Crippen LogP contribution is 2.03. The molecule has 0 saturated carbocycles. The lowest BCUT2D eigenvalue weighted by Gasteiger charge is -2.38. The highest BCUT2D eigenvalue weighted by molar-refractivity contribution is 4.83. The molecule has 11 heavy (non-hydrogen) atoms. The van der Waals surface area contributed by atoms with Crippen molar-refractivity contribution >= 4 is 0 Å². The summed E-state index contributed by atoms with van der Waals surface area (Å²) in [5.41, 5.74) is 0. The molecular formula is C7H17N3O. The zero-order chi connectivity index (χ0) is 8.10. The number of likely N-dealkylation sites (tertiary alicyclic amines) is 1. The summed E-state index contributed by atoms with van der Waals surface area (Å²) in [5, 5.41) is 14.8. The van der Waals surface area contributed by atoms with Crippen LogP contribution in [0.15, 0.2) is 0 Å². The van der Waals surface area contributed by atoms with Gasteiger partial charge < -0.3 is 15.7 Å². The van der Waals surface area contributed by atoms with Crippen molar-refractivity contribution in [2.45, 2.75) is 6.04 Å². The van der Waals surface area contributed by atoms with Gasteiger partial charge >= 0.3 is 0 Å². The topological polar surface area (TPSA) is 47.5 Å². The molecule has 1 aliphatic rings. The Morgan fingerprint density at radius 1 is 1.55 bits per heavy atom. The van der Waals surface area contributed by atoms with Crippen LogP contribution in [0.3, 0.4) is 0 Å². The number of aliphatic hydroxyl groups is 1. The van der Waals surface area contributed by atoms with E-state index in [0.717, 1.165) is 19.8 Å². The van der Waals surface area contributed by atoms with Crippen molar-refractivity contribution in [3.63, 3.8) is 0 Å². The van der Waals surface area contributed by atoms with Gasteiger partial charge in [-0.05, 0) is 7.05 Å². The molecule has 0 aromatic heterocycles. The maximum absolute atomic E-state index is 8.47. The largest absolute Gasteiger partial charge is 0.395 e. The third-order valence-electron chi connectivity index (χ3n) is 1.99. The first-order valence-electron chi connectivity index (χ1n) is 4.08. The summed E-state index contributed by atoms with van der Waals surface area (Å²) < 4.78 is 0. The van der Waals surface area contributed by atoms with Crippen LogP contribution in [0.1, 0.15) is 0 Å². The number of rotatable bonds is 5. The van der Waals surface area contributed by atoms with Gasteiger partial charge in [-0.25, -0.2) is 0 Å². The van der Waals surface area contributed by atoms with Crippen LogP contribution in [0, 0.1) is 0 Å². The second-order valence-electron chi connectivity index (χ2n) is 2.90. The van der Waals surface area contributed by atoms with Crippen LogP contribution in [-0.4, -0.2) is 56.0 Å². The molecule has 66 valence electrons. The molecule has 0 radical (unpaired) electrons. The first-order chi connectivity index (χ1) is 5.36. The van der Waals surface area contributed by atoms with Crippen LogP contribution in [0.2, 0.25) is 0 Å². The van der Waals surface area contributed by atoms with Gasteiger partial charge in [0, 0.05) is 32.3 Å². The van der Waals surface area contributed by atoms with E-state index in [2.05, 4.69) is 15.5 Å². The van der Waals surface area contributed by atoms with Crippen molar-refractivity contribution in [1.29, 1.82) is 0 Å². The summed E-state index contributed by atoms with van der Waals surface area (Å²) in [7, 11) is 1.99. The van der Waals surface area contributed by atoms with E-state index < -0.39 is 0 Å². The second kappa shape index (κ2) is 4.66. The first-order valence-corrected chi connectivity index (χ1v) is 4.08. The van der Waals surface area contributed by atoms with Gasteiger partial charge in [0.15, 0.2) is 0 Å². The molecular weight excluding hydrogens is 142 g/mol. The van der Waals surface area contributed by atoms with Crippen molar-refractivity contribution in [3.05, 3.63) is 0 Å². The minimum atomic E-state index is 0.225. The van der Waals surface area contributed by atoms with Crippen LogP contribution in [0.25, 0.3) is 0 Å². The van der Waals surface area contributed by atoms with Crippen molar-refractivity contribution < 1.29 is 5.11 Å². The highest BCUT2D eigenvalue weighted by atomic mass is 16.3. The average molecular weight is 159 g/mol. The molecule has 4 nitrogen and oxygen atoms in total. The van der Waals surface area contributed by atoms with Crippen LogP contribution in [0.4, 0.5) is 0 Å². The predicted octanol–water partition coefficient (Wildman–Crippen LogP) is -1.57. The van der Waals surface area contributed by atoms with Gasteiger partial charge in [-0.2, -0.15) is 0 Å². The summed E-state index contributed by atoms with van der Waals surface area (Å²) in [6, 6.07) is 0.672. The number of aliphatic hydroxyl groups excluding tert-OH is 1. The average Bonchev–Trinajstić information content (AvgIpc) is 1.94. The minimum Gasteiger partial charge on any atom is -0.395 e. The lowest BCUT2D eigenvalue weighted by atomic mass is 10.1. The molecule has 1 aliphatic heterocycles. The molecule has 0 aliphatic carbocycles. The number of likely N-dealkylation sites (N-methyl/N-ethyl adjacent to an activating group) is 1. The lowest BCUT2D eigenvalue weighted by molar-refractivity contribution is 0.118. The summed E-state index contributed by atoms with van der Waals surface area (Å²) in [6.07, 6.45) is 0. The Bertz CT molecular complexity index is 104. The Balaban J connectivity index is 1.88. The quantitative estimate of drug-likeness (QED) is 0.424. The number of hydrogen-bond acceptors (Lipinski definition) is 4. The van der Waals surface area contributed by atoms with E-state index in [1.165, 1.54) is 0 Å². The molecule has 1 saturated heterocycles. The van der Waals surface area contributed by atoms with E-state index in [4.69, 9.17) is 5.11 Å². The Morgan fingerprint density at radius 2 is 2.27 bits per heavy atom. The maximum atomic E-state index is 8.47. The summed E-state index contributed by atoms with van der Waals surface area (Å²) in [4.78, 5) is 2.30. The molecule has 0 amide bonds. The fourth-order valence-corrected chi connectivity index (χ4v) is 1.20. The molecule has 1 heterocycles. The van der Waals surface area contributed by atoms with Crippen molar-refractivity contribution in [2.75, 3.05) is 40.0 Å². The zero-order valence-corrected chi connectivity index (χ0v) is 7.01. The highest BCUT2D eigenvalue weighted by Gasteiger charge is 2.23. The normalized spacial score (nSPS) is 20.2. The Labute approximate surface area is 67.6 Å². The van der Waals surface area contributed by atoms with Gasteiger partial charge in [0.05, 0.1) is 6.61 Å². The molecule has 0 aromatic rings. The summed E-state index contributed by atoms with van der Waals surface area (Å²) >= 11 is 0. The lowest BCUT2D eigenvalue weighted by Crippen LogP contribution is -2.59. The van der Waals surface area contributed by atoms with Crippen molar-refractivity contribution in [1.82, 2.24) is 15.5 Å².